The Morgan fingerprint density at radius 3 is 0.676 bits per heavy atom. The number of esters is 4. The molecule has 0 amide bonds. The molecule has 0 rings (SSSR count). The van der Waals surface area contributed by atoms with Crippen LogP contribution in [0.3, 0.4) is 0 Å². The van der Waals surface area contributed by atoms with E-state index in [1.54, 1.807) is 0 Å². The van der Waals surface area contributed by atoms with E-state index in [0.29, 0.717) is 25.7 Å². The molecule has 0 saturated carbocycles. The molecule has 0 aliphatic carbocycles. The van der Waals surface area contributed by atoms with Crippen molar-refractivity contribution in [3.8, 4) is 0 Å². The minimum absolute atomic E-state index is 0.106. The Kier molecular flexibility index (Phi) is 73.4. The van der Waals surface area contributed by atoms with Gasteiger partial charge in [-0.25, -0.2) is 9.13 Å². The summed E-state index contributed by atoms with van der Waals surface area (Å²) in [6, 6.07) is 0. The van der Waals surface area contributed by atoms with Gasteiger partial charge in [0.05, 0.1) is 26.4 Å². The molecule has 3 N–H and O–H groups in total. The molecule has 0 radical (unpaired) electrons. The smallest absolute Gasteiger partial charge is 0.462 e. The molecule has 19 heteroatoms. The third kappa shape index (κ3) is 75.9. The molecule has 0 saturated heterocycles. The molecular formula is C86H168O17P2. The second kappa shape index (κ2) is 74.8. The van der Waals surface area contributed by atoms with Crippen molar-refractivity contribution in [3.05, 3.63) is 0 Å². The predicted molar refractivity (Wildman–Crippen MR) is 432 cm³/mol. The van der Waals surface area contributed by atoms with Crippen LogP contribution in [0.4, 0.5) is 0 Å². The maximum Gasteiger partial charge on any atom is 0.472 e. The lowest BCUT2D eigenvalue weighted by Gasteiger charge is -2.21. The highest BCUT2D eigenvalue weighted by atomic mass is 31.2. The minimum atomic E-state index is -4.97. The van der Waals surface area contributed by atoms with Gasteiger partial charge in [0.25, 0.3) is 0 Å². The van der Waals surface area contributed by atoms with Gasteiger partial charge in [-0.3, -0.25) is 37.3 Å². The summed E-state index contributed by atoms with van der Waals surface area (Å²) in [6.45, 7) is 14.4. The van der Waals surface area contributed by atoms with Gasteiger partial charge in [0, 0.05) is 25.7 Å². The van der Waals surface area contributed by atoms with Crippen LogP contribution in [0, 0.1) is 23.7 Å². The van der Waals surface area contributed by atoms with Gasteiger partial charge in [0.2, 0.25) is 0 Å². The van der Waals surface area contributed by atoms with E-state index >= 15 is 0 Å². The number of rotatable bonds is 83. The van der Waals surface area contributed by atoms with E-state index in [-0.39, 0.29) is 25.7 Å². The van der Waals surface area contributed by atoms with Gasteiger partial charge in [0.15, 0.2) is 12.2 Å². The molecule has 5 unspecified atom stereocenters. The monoisotopic (exact) mass is 1540 g/mol. The van der Waals surface area contributed by atoms with Crippen LogP contribution in [0.15, 0.2) is 0 Å². The van der Waals surface area contributed by atoms with Crippen molar-refractivity contribution in [1.29, 1.82) is 0 Å². The molecule has 0 bridgehead atoms. The van der Waals surface area contributed by atoms with Crippen molar-refractivity contribution >= 4 is 39.5 Å². The summed E-state index contributed by atoms with van der Waals surface area (Å²) in [5.41, 5.74) is 0. The number of carbonyl (C=O) groups is 4. The van der Waals surface area contributed by atoms with Crippen LogP contribution in [0.2, 0.25) is 0 Å². The van der Waals surface area contributed by atoms with E-state index in [0.717, 1.165) is 120 Å². The van der Waals surface area contributed by atoms with E-state index < -0.39 is 97.5 Å². The summed E-state index contributed by atoms with van der Waals surface area (Å²) in [6.07, 6.45) is 63.9. The highest BCUT2D eigenvalue weighted by Gasteiger charge is 2.31. The van der Waals surface area contributed by atoms with Crippen molar-refractivity contribution < 1.29 is 80.2 Å². The summed E-state index contributed by atoms with van der Waals surface area (Å²) in [7, 11) is -9.93. The Hall–Kier alpha value is -1.94. The summed E-state index contributed by atoms with van der Waals surface area (Å²) in [4.78, 5) is 73.2. The molecule has 17 nitrogen and oxygen atoms in total. The number of ether oxygens (including phenoxy) is 4. The number of aliphatic hydroxyl groups excluding tert-OH is 1. The Bertz CT molecular complexity index is 2050. The third-order valence-corrected chi connectivity index (χ3v) is 23.1. The SMILES string of the molecule is CCC(C)CCCCCCCCCCCCCCCCCCCCC(=O)O[C@H](COC(=O)CCCCCCCCC(C)CC)COP(=O)(O)OC[C@H](O)COP(=O)(O)OC[C@@H](COC(=O)CCCCCCCCCCCCCCCCCCC(C)C)OC(=O)CCCCCCCCCCCCC(C)CC. The molecule has 0 aliphatic rings. The number of carbonyl (C=O) groups excluding carboxylic acids is 4. The maximum atomic E-state index is 13.1. The first-order chi connectivity index (χ1) is 50.7. The fraction of sp³-hybridized carbons (Fsp3) is 0.953. The Balaban J connectivity index is 5.19. The van der Waals surface area contributed by atoms with Crippen LogP contribution in [-0.4, -0.2) is 96.7 Å². The van der Waals surface area contributed by atoms with Gasteiger partial charge in [0.1, 0.15) is 19.3 Å². The van der Waals surface area contributed by atoms with E-state index in [9.17, 15) is 43.2 Å². The summed E-state index contributed by atoms with van der Waals surface area (Å²) in [5.74, 6) is 1.11. The fourth-order valence-corrected chi connectivity index (χ4v) is 14.8. The van der Waals surface area contributed by atoms with Crippen molar-refractivity contribution in [2.24, 2.45) is 23.7 Å². The van der Waals surface area contributed by atoms with Gasteiger partial charge < -0.3 is 33.8 Å². The molecule has 624 valence electrons. The van der Waals surface area contributed by atoms with Crippen LogP contribution >= 0.6 is 15.6 Å². The molecule has 0 heterocycles. The van der Waals surface area contributed by atoms with Gasteiger partial charge >= 0.3 is 39.5 Å². The third-order valence-electron chi connectivity index (χ3n) is 21.2. The summed E-state index contributed by atoms with van der Waals surface area (Å²) >= 11 is 0. The summed E-state index contributed by atoms with van der Waals surface area (Å²) < 4.78 is 68.9. The number of phosphoric acid groups is 2. The average Bonchev–Trinajstić information content (AvgIpc) is 0.916. The fourth-order valence-electron chi connectivity index (χ4n) is 13.2. The first-order valence-electron chi connectivity index (χ1n) is 44.3. The van der Waals surface area contributed by atoms with Crippen LogP contribution in [0.25, 0.3) is 0 Å². The average molecular weight is 1540 g/mol. The molecule has 0 fully saturated rings. The lowest BCUT2D eigenvalue weighted by molar-refractivity contribution is -0.161. The van der Waals surface area contributed by atoms with Crippen LogP contribution in [0.5, 0.6) is 0 Å². The second-order valence-electron chi connectivity index (χ2n) is 32.1. The molecule has 105 heavy (non-hydrogen) atoms. The topological polar surface area (TPSA) is 237 Å². The number of hydrogen-bond acceptors (Lipinski definition) is 15. The molecule has 0 aromatic carbocycles. The van der Waals surface area contributed by atoms with Gasteiger partial charge in [-0.1, -0.05) is 396 Å². The number of phosphoric ester groups is 2. The predicted octanol–water partition coefficient (Wildman–Crippen LogP) is 25.9. The molecule has 0 aromatic heterocycles. The van der Waals surface area contributed by atoms with Gasteiger partial charge in [-0.15, -0.1) is 0 Å². The Morgan fingerprint density at radius 1 is 0.267 bits per heavy atom. The lowest BCUT2D eigenvalue weighted by atomic mass is 9.99. The molecule has 0 spiro atoms. The normalized spacial score (nSPS) is 14.7. The number of hydrogen-bond donors (Lipinski definition) is 3. The lowest BCUT2D eigenvalue weighted by Crippen LogP contribution is -2.30. The van der Waals surface area contributed by atoms with Crippen LogP contribution in [-0.2, 0) is 65.4 Å². The number of aliphatic hydroxyl groups is 1. The maximum absolute atomic E-state index is 13.1. The molecule has 0 aliphatic heterocycles. The number of unbranched alkanes of at least 4 members (excludes halogenated alkanes) is 46. The minimum Gasteiger partial charge on any atom is -0.462 e. The molecule has 0 aromatic rings. The van der Waals surface area contributed by atoms with Crippen molar-refractivity contribution in [2.45, 2.75) is 465 Å². The zero-order valence-electron chi connectivity index (χ0n) is 69.4. The van der Waals surface area contributed by atoms with Crippen LogP contribution in [0.1, 0.15) is 447 Å². The quantitative estimate of drug-likeness (QED) is 0.0222. The largest absolute Gasteiger partial charge is 0.472 e. The summed E-state index contributed by atoms with van der Waals surface area (Å²) in [5, 5.41) is 10.7. The standard InChI is InChI=1S/C86H168O17P2/c1-9-77(6)63-55-47-39-33-27-23-19-14-12-13-15-21-25-29-36-42-52-60-68-85(90)103-82(73-97-84(89)67-59-51-45-44-49-57-65-79(8)11-3)75-101-105(94,95)99-71-80(87)70-98-104(92,93)100-74-81(102-86(91)69-61-53-43-37-31-30-34-40-48-56-64-78(7)10-2)72-96-83(88)66-58-50-41-35-28-24-20-17-16-18-22-26-32-38-46-54-62-76(4)5/h76-82,87H,9-75H2,1-8H3,(H,92,93)(H,94,95)/t77?,78?,79?,80-,81-,82-/m1/s1. The van der Waals surface area contributed by atoms with Gasteiger partial charge in [-0.05, 0) is 49.4 Å². The van der Waals surface area contributed by atoms with E-state index in [1.807, 2.05) is 0 Å². The van der Waals surface area contributed by atoms with E-state index in [4.69, 9.17) is 37.0 Å². The Morgan fingerprint density at radius 2 is 0.457 bits per heavy atom. The first-order valence-corrected chi connectivity index (χ1v) is 47.3. The van der Waals surface area contributed by atoms with Crippen molar-refractivity contribution in [3.63, 3.8) is 0 Å². The van der Waals surface area contributed by atoms with E-state index in [1.165, 1.54) is 244 Å². The van der Waals surface area contributed by atoms with E-state index in [2.05, 4.69) is 55.4 Å². The molecule has 8 atom stereocenters. The highest BCUT2D eigenvalue weighted by Crippen LogP contribution is 2.45. The second-order valence-corrected chi connectivity index (χ2v) is 35.0. The van der Waals surface area contributed by atoms with Gasteiger partial charge in [-0.2, -0.15) is 0 Å². The molecular weight excluding hydrogens is 1370 g/mol. The Labute approximate surface area is 645 Å². The highest BCUT2D eigenvalue weighted by molar-refractivity contribution is 7.47. The first kappa shape index (κ1) is 103. The van der Waals surface area contributed by atoms with Crippen molar-refractivity contribution in [2.75, 3.05) is 39.6 Å². The van der Waals surface area contributed by atoms with Crippen LogP contribution < -0.4 is 0 Å². The zero-order valence-corrected chi connectivity index (χ0v) is 71.2. The zero-order chi connectivity index (χ0) is 77.4. The van der Waals surface area contributed by atoms with Crippen molar-refractivity contribution in [1.82, 2.24) is 0 Å².